The Morgan fingerprint density at radius 1 is 1.32 bits per heavy atom. The minimum atomic E-state index is -0.674. The average molecular weight is 365 g/mol. The molecule has 2 aromatic rings. The maximum absolute atomic E-state index is 12.0. The fourth-order valence-electron chi connectivity index (χ4n) is 2.77. The van der Waals surface area contributed by atoms with E-state index in [1.165, 1.54) is 12.3 Å². The van der Waals surface area contributed by atoms with Crippen molar-refractivity contribution in [1.29, 1.82) is 0 Å². The van der Waals surface area contributed by atoms with E-state index in [1.807, 2.05) is 6.92 Å². The van der Waals surface area contributed by atoms with Crippen molar-refractivity contribution in [2.45, 2.75) is 25.7 Å². The Hall–Kier alpha value is -2.38. The fourth-order valence-corrected chi connectivity index (χ4v) is 2.89. The number of halogens is 1. The molecule has 0 spiro atoms. The summed E-state index contributed by atoms with van der Waals surface area (Å²) in [5, 5.41) is 0.533. The molecule has 0 radical (unpaired) electrons. The van der Waals surface area contributed by atoms with Crippen LogP contribution in [0.4, 0.5) is 0 Å². The minimum Gasteiger partial charge on any atom is -0.459 e. The van der Waals surface area contributed by atoms with Gasteiger partial charge in [-0.3, -0.25) is 4.79 Å². The number of benzene rings is 1. The molecule has 25 heavy (non-hydrogen) atoms. The van der Waals surface area contributed by atoms with E-state index in [-0.39, 0.29) is 12.5 Å². The lowest BCUT2D eigenvalue weighted by molar-refractivity contribution is -0.0412. The lowest BCUT2D eigenvalue weighted by atomic mass is 10.0. The number of hydrogen-bond donors (Lipinski definition) is 1. The summed E-state index contributed by atoms with van der Waals surface area (Å²) in [5.41, 5.74) is -0.564. The van der Waals surface area contributed by atoms with Gasteiger partial charge < -0.3 is 14.5 Å². The summed E-state index contributed by atoms with van der Waals surface area (Å²) in [6.45, 7) is 1.96. The van der Waals surface area contributed by atoms with Crippen LogP contribution >= 0.6 is 11.6 Å². The standard InChI is InChI=1S/C17H17ClN2O5/c1-10-8-15(20-14(21)6-7-19-17(20)23)25-13(10)9-24-16(22)11-2-4-12(18)5-3-11/h2-7,10,13,15H,8-9H2,1H3,(H,19,23)/t10?,13-,15+/m1/s1. The maximum atomic E-state index is 12.0. The molecule has 2 heterocycles. The summed E-state index contributed by atoms with van der Waals surface area (Å²) >= 11 is 5.79. The van der Waals surface area contributed by atoms with E-state index in [0.29, 0.717) is 17.0 Å². The van der Waals surface area contributed by atoms with Crippen LogP contribution in [-0.2, 0) is 9.47 Å². The number of ether oxygens (including phenoxy) is 2. The zero-order valence-electron chi connectivity index (χ0n) is 13.5. The normalized spacial score (nSPS) is 22.7. The van der Waals surface area contributed by atoms with Gasteiger partial charge in [0, 0.05) is 17.3 Å². The van der Waals surface area contributed by atoms with Gasteiger partial charge >= 0.3 is 11.7 Å². The van der Waals surface area contributed by atoms with Gasteiger partial charge in [-0.25, -0.2) is 14.2 Å². The summed E-state index contributed by atoms with van der Waals surface area (Å²) in [7, 11) is 0. The molecule has 3 rings (SSSR count). The first kappa shape index (κ1) is 17.4. The monoisotopic (exact) mass is 364 g/mol. The number of H-pyrrole nitrogens is 1. The van der Waals surface area contributed by atoms with E-state index in [4.69, 9.17) is 21.1 Å². The van der Waals surface area contributed by atoms with Crippen LogP contribution in [0.1, 0.15) is 29.9 Å². The molecule has 0 bridgehead atoms. The molecule has 1 N–H and O–H groups in total. The fraction of sp³-hybridized carbons (Fsp3) is 0.353. The predicted octanol–water partition coefficient (Wildman–Crippen LogP) is 1.97. The molecule has 1 unspecified atom stereocenters. The summed E-state index contributed by atoms with van der Waals surface area (Å²) in [5.74, 6) is -0.458. The van der Waals surface area contributed by atoms with Crippen molar-refractivity contribution in [2.24, 2.45) is 5.92 Å². The van der Waals surface area contributed by atoms with E-state index < -0.39 is 29.6 Å². The second kappa shape index (κ2) is 7.25. The molecule has 0 aliphatic carbocycles. The number of hydrogen-bond acceptors (Lipinski definition) is 5. The zero-order valence-corrected chi connectivity index (χ0v) is 14.2. The number of aromatic amines is 1. The van der Waals surface area contributed by atoms with Crippen LogP contribution in [-0.4, -0.2) is 28.2 Å². The van der Waals surface area contributed by atoms with Crippen LogP contribution in [0.2, 0.25) is 5.02 Å². The Morgan fingerprint density at radius 2 is 2.04 bits per heavy atom. The lowest BCUT2D eigenvalue weighted by Gasteiger charge is -2.16. The summed E-state index contributed by atoms with van der Waals surface area (Å²) < 4.78 is 12.1. The maximum Gasteiger partial charge on any atom is 0.338 e. The highest BCUT2D eigenvalue weighted by Gasteiger charge is 2.35. The van der Waals surface area contributed by atoms with Gasteiger partial charge in [-0.2, -0.15) is 0 Å². The van der Waals surface area contributed by atoms with Gasteiger partial charge in [0.15, 0.2) is 0 Å². The second-order valence-electron chi connectivity index (χ2n) is 5.94. The number of esters is 1. The Balaban J connectivity index is 1.64. The second-order valence-corrected chi connectivity index (χ2v) is 6.38. The average Bonchev–Trinajstić information content (AvgIpc) is 2.93. The van der Waals surface area contributed by atoms with Crippen LogP contribution in [0, 0.1) is 5.92 Å². The molecule has 1 fully saturated rings. The summed E-state index contributed by atoms with van der Waals surface area (Å²) in [6, 6.07) is 7.64. The third-order valence-corrected chi connectivity index (χ3v) is 4.43. The quantitative estimate of drug-likeness (QED) is 0.837. The van der Waals surface area contributed by atoms with E-state index in [9.17, 15) is 14.4 Å². The zero-order chi connectivity index (χ0) is 18.0. The Morgan fingerprint density at radius 3 is 2.72 bits per heavy atom. The molecule has 1 aromatic heterocycles. The third-order valence-electron chi connectivity index (χ3n) is 4.18. The molecule has 1 aromatic carbocycles. The largest absolute Gasteiger partial charge is 0.459 e. The number of nitrogens with one attached hydrogen (secondary N) is 1. The van der Waals surface area contributed by atoms with Crippen LogP contribution in [0.25, 0.3) is 0 Å². The Kier molecular flexibility index (Phi) is 5.06. The highest BCUT2D eigenvalue weighted by molar-refractivity contribution is 6.30. The topological polar surface area (TPSA) is 90.4 Å². The van der Waals surface area contributed by atoms with Gasteiger partial charge in [-0.1, -0.05) is 18.5 Å². The molecule has 0 saturated carbocycles. The number of aromatic nitrogens is 2. The lowest BCUT2D eigenvalue weighted by Crippen LogP contribution is -2.37. The third kappa shape index (κ3) is 3.83. The molecular weight excluding hydrogens is 348 g/mol. The van der Waals surface area contributed by atoms with Crippen LogP contribution < -0.4 is 11.2 Å². The molecule has 1 aliphatic rings. The molecule has 7 nitrogen and oxygen atoms in total. The number of nitrogens with zero attached hydrogens (tertiary/aromatic N) is 1. The molecule has 1 saturated heterocycles. The van der Waals surface area contributed by atoms with Crippen molar-refractivity contribution in [1.82, 2.24) is 9.55 Å². The Labute approximate surface area is 148 Å². The van der Waals surface area contributed by atoms with Gasteiger partial charge in [0.05, 0.1) is 11.7 Å². The highest BCUT2D eigenvalue weighted by atomic mass is 35.5. The van der Waals surface area contributed by atoms with Crippen molar-refractivity contribution in [3.05, 3.63) is 68.0 Å². The van der Waals surface area contributed by atoms with Crippen LogP contribution in [0.3, 0.4) is 0 Å². The molecular formula is C17H17ClN2O5. The van der Waals surface area contributed by atoms with Crippen molar-refractivity contribution < 1.29 is 14.3 Å². The van der Waals surface area contributed by atoms with Crippen molar-refractivity contribution >= 4 is 17.6 Å². The molecule has 3 atom stereocenters. The van der Waals surface area contributed by atoms with Gasteiger partial charge in [0.25, 0.3) is 5.56 Å². The van der Waals surface area contributed by atoms with E-state index in [2.05, 4.69) is 4.98 Å². The van der Waals surface area contributed by atoms with Gasteiger partial charge in [0.1, 0.15) is 12.8 Å². The van der Waals surface area contributed by atoms with Crippen molar-refractivity contribution in [3.8, 4) is 0 Å². The summed E-state index contributed by atoms with van der Waals surface area (Å²) in [6.07, 6.45) is 0.709. The first-order chi connectivity index (χ1) is 12.0. The number of carbonyl (C=O) groups excluding carboxylic acids is 1. The van der Waals surface area contributed by atoms with E-state index in [1.54, 1.807) is 24.3 Å². The van der Waals surface area contributed by atoms with E-state index in [0.717, 1.165) is 4.57 Å². The Bertz CT molecular complexity index is 845. The van der Waals surface area contributed by atoms with Crippen LogP contribution in [0.5, 0.6) is 0 Å². The molecule has 8 heteroatoms. The highest BCUT2D eigenvalue weighted by Crippen LogP contribution is 2.31. The van der Waals surface area contributed by atoms with E-state index >= 15 is 0 Å². The SMILES string of the molecule is CC1C[C@@H](n2c(=O)cc[nH]c2=O)O[C@@H]1COC(=O)c1ccc(Cl)cc1. The molecule has 1 aliphatic heterocycles. The van der Waals surface area contributed by atoms with Crippen molar-refractivity contribution in [3.63, 3.8) is 0 Å². The van der Waals surface area contributed by atoms with Crippen LogP contribution in [0.15, 0.2) is 46.1 Å². The summed E-state index contributed by atoms with van der Waals surface area (Å²) in [4.78, 5) is 38.2. The first-order valence-electron chi connectivity index (χ1n) is 7.84. The minimum absolute atomic E-state index is 0.0227. The number of rotatable bonds is 4. The van der Waals surface area contributed by atoms with Gasteiger partial charge in [-0.05, 0) is 36.6 Å². The molecule has 0 amide bonds. The predicted molar refractivity (Wildman–Crippen MR) is 90.7 cm³/mol. The first-order valence-corrected chi connectivity index (χ1v) is 8.22. The van der Waals surface area contributed by atoms with Gasteiger partial charge in [0.2, 0.25) is 0 Å². The van der Waals surface area contributed by atoms with Crippen molar-refractivity contribution in [2.75, 3.05) is 6.61 Å². The smallest absolute Gasteiger partial charge is 0.338 e. The van der Waals surface area contributed by atoms with Gasteiger partial charge in [-0.15, -0.1) is 0 Å². The number of carbonyl (C=O) groups is 1. The molecule has 132 valence electrons.